The van der Waals surface area contributed by atoms with Gasteiger partial charge in [0.15, 0.2) is 0 Å². The van der Waals surface area contributed by atoms with Gasteiger partial charge in [-0.15, -0.1) is 23.7 Å². The summed E-state index contributed by atoms with van der Waals surface area (Å²) < 4.78 is 0. The van der Waals surface area contributed by atoms with E-state index in [0.717, 1.165) is 30.8 Å². The zero-order valence-electron chi connectivity index (χ0n) is 9.31. The molecular formula is C11H17ClN2OS. The Bertz CT molecular complexity index is 359. The van der Waals surface area contributed by atoms with Crippen LogP contribution in [0.3, 0.4) is 0 Å². The van der Waals surface area contributed by atoms with Gasteiger partial charge >= 0.3 is 0 Å². The lowest BCUT2D eigenvalue weighted by Crippen LogP contribution is -2.42. The highest BCUT2D eigenvalue weighted by atomic mass is 35.5. The van der Waals surface area contributed by atoms with E-state index in [1.807, 2.05) is 24.0 Å². The molecule has 1 aromatic rings. The Balaban J connectivity index is 0.00000128. The molecule has 0 aromatic carbocycles. The number of piperidine rings is 1. The lowest BCUT2D eigenvalue weighted by Gasteiger charge is -2.29. The van der Waals surface area contributed by atoms with Crippen LogP contribution in [0.4, 0.5) is 0 Å². The predicted molar refractivity (Wildman–Crippen MR) is 69.4 cm³/mol. The van der Waals surface area contributed by atoms with Crippen molar-refractivity contribution in [1.82, 2.24) is 4.90 Å². The average molecular weight is 261 g/mol. The SMILES string of the molecule is Cc1ccc(C(=O)N2CCC(N)CC2)s1.Cl. The second-order valence-corrected chi connectivity index (χ2v) is 5.33. The molecule has 1 aliphatic heterocycles. The molecule has 1 aromatic heterocycles. The van der Waals surface area contributed by atoms with E-state index in [9.17, 15) is 4.79 Å². The molecule has 2 heterocycles. The van der Waals surface area contributed by atoms with Crippen LogP contribution in [0.1, 0.15) is 27.4 Å². The first-order chi connectivity index (χ1) is 7.16. The smallest absolute Gasteiger partial charge is 0.263 e. The summed E-state index contributed by atoms with van der Waals surface area (Å²) in [7, 11) is 0. The maximum absolute atomic E-state index is 12.0. The van der Waals surface area contributed by atoms with Gasteiger partial charge < -0.3 is 10.6 Å². The number of nitrogens with two attached hydrogens (primary N) is 1. The van der Waals surface area contributed by atoms with E-state index in [1.54, 1.807) is 11.3 Å². The molecule has 0 radical (unpaired) electrons. The Hall–Kier alpha value is -0.580. The van der Waals surface area contributed by atoms with E-state index < -0.39 is 0 Å². The molecular weight excluding hydrogens is 244 g/mol. The monoisotopic (exact) mass is 260 g/mol. The topological polar surface area (TPSA) is 46.3 Å². The van der Waals surface area contributed by atoms with Crippen LogP contribution in [-0.2, 0) is 0 Å². The van der Waals surface area contributed by atoms with E-state index in [4.69, 9.17) is 5.73 Å². The fourth-order valence-corrected chi connectivity index (χ4v) is 2.64. The van der Waals surface area contributed by atoms with Gasteiger partial charge in [-0.2, -0.15) is 0 Å². The number of nitrogens with zero attached hydrogens (tertiary/aromatic N) is 1. The number of carbonyl (C=O) groups excluding carboxylic acids is 1. The van der Waals surface area contributed by atoms with Gasteiger partial charge in [0.25, 0.3) is 5.91 Å². The van der Waals surface area contributed by atoms with Crippen molar-refractivity contribution in [3.8, 4) is 0 Å². The highest BCUT2D eigenvalue weighted by molar-refractivity contribution is 7.13. The van der Waals surface area contributed by atoms with Gasteiger partial charge in [0, 0.05) is 24.0 Å². The number of thiophene rings is 1. The first-order valence-corrected chi connectivity index (χ1v) is 6.10. The molecule has 5 heteroatoms. The normalized spacial score (nSPS) is 17.0. The van der Waals surface area contributed by atoms with Gasteiger partial charge in [0.1, 0.15) is 0 Å². The third-order valence-corrected chi connectivity index (χ3v) is 3.77. The van der Waals surface area contributed by atoms with Gasteiger partial charge in [0.05, 0.1) is 4.88 Å². The highest BCUT2D eigenvalue weighted by Gasteiger charge is 2.22. The fourth-order valence-electron chi connectivity index (χ4n) is 1.81. The van der Waals surface area contributed by atoms with Crippen molar-refractivity contribution >= 4 is 29.7 Å². The summed E-state index contributed by atoms with van der Waals surface area (Å²) in [5, 5.41) is 0. The number of halogens is 1. The summed E-state index contributed by atoms with van der Waals surface area (Å²) in [6, 6.07) is 4.18. The first-order valence-electron chi connectivity index (χ1n) is 5.28. The molecule has 0 spiro atoms. The van der Waals surface area contributed by atoms with Crippen molar-refractivity contribution in [2.45, 2.75) is 25.8 Å². The minimum atomic E-state index is 0. The number of hydrogen-bond acceptors (Lipinski definition) is 3. The molecule has 1 fully saturated rings. The summed E-state index contributed by atoms with van der Waals surface area (Å²) in [5.41, 5.74) is 5.80. The third-order valence-electron chi connectivity index (χ3n) is 2.78. The van der Waals surface area contributed by atoms with Crippen molar-refractivity contribution in [2.24, 2.45) is 5.73 Å². The van der Waals surface area contributed by atoms with E-state index in [2.05, 4.69) is 0 Å². The van der Waals surface area contributed by atoms with Crippen LogP contribution in [0, 0.1) is 6.92 Å². The van der Waals surface area contributed by atoms with Crippen molar-refractivity contribution in [3.05, 3.63) is 21.9 Å². The number of carbonyl (C=O) groups is 1. The van der Waals surface area contributed by atoms with Crippen LogP contribution in [-0.4, -0.2) is 29.9 Å². The Morgan fingerprint density at radius 3 is 2.56 bits per heavy atom. The van der Waals surface area contributed by atoms with Crippen molar-refractivity contribution < 1.29 is 4.79 Å². The minimum Gasteiger partial charge on any atom is -0.338 e. The van der Waals surface area contributed by atoms with Crippen molar-refractivity contribution in [3.63, 3.8) is 0 Å². The molecule has 3 nitrogen and oxygen atoms in total. The molecule has 1 saturated heterocycles. The lowest BCUT2D eigenvalue weighted by atomic mass is 10.1. The zero-order valence-corrected chi connectivity index (χ0v) is 10.9. The first kappa shape index (κ1) is 13.5. The van der Waals surface area contributed by atoms with E-state index in [1.165, 1.54) is 4.88 Å². The summed E-state index contributed by atoms with van der Waals surface area (Å²) in [6.07, 6.45) is 1.85. The Kier molecular flexibility index (Phi) is 4.77. The second-order valence-electron chi connectivity index (χ2n) is 4.04. The molecule has 16 heavy (non-hydrogen) atoms. The van der Waals surface area contributed by atoms with Gasteiger partial charge in [-0.25, -0.2) is 0 Å². The quantitative estimate of drug-likeness (QED) is 0.840. The third kappa shape index (κ3) is 2.97. The predicted octanol–water partition coefficient (Wildman–Crippen LogP) is 2.04. The van der Waals surface area contributed by atoms with E-state index in [-0.39, 0.29) is 24.4 Å². The number of likely N-dealkylation sites (tertiary alicyclic amines) is 1. The summed E-state index contributed by atoms with van der Waals surface area (Å²) in [6.45, 7) is 3.63. The second kappa shape index (κ2) is 5.66. The van der Waals surface area contributed by atoms with Crippen LogP contribution in [0.2, 0.25) is 0 Å². The molecule has 0 saturated carbocycles. The summed E-state index contributed by atoms with van der Waals surface area (Å²) in [4.78, 5) is 16.0. The molecule has 0 atom stereocenters. The molecule has 2 N–H and O–H groups in total. The van der Waals surface area contributed by atoms with Gasteiger partial charge in [0.2, 0.25) is 0 Å². The van der Waals surface area contributed by atoms with Crippen molar-refractivity contribution in [2.75, 3.05) is 13.1 Å². The molecule has 90 valence electrons. The summed E-state index contributed by atoms with van der Waals surface area (Å²) in [5.74, 6) is 0.167. The van der Waals surface area contributed by atoms with E-state index in [0.29, 0.717) is 0 Å². The Labute approximate surface area is 106 Å². The molecule has 2 rings (SSSR count). The highest BCUT2D eigenvalue weighted by Crippen LogP contribution is 2.19. The molecule has 1 aliphatic rings. The maximum atomic E-state index is 12.0. The number of hydrogen-bond donors (Lipinski definition) is 1. The maximum Gasteiger partial charge on any atom is 0.263 e. The van der Waals surface area contributed by atoms with Gasteiger partial charge in [-0.1, -0.05) is 0 Å². The Morgan fingerprint density at radius 1 is 1.44 bits per heavy atom. The number of aryl methyl sites for hydroxylation is 1. The number of rotatable bonds is 1. The van der Waals surface area contributed by atoms with Gasteiger partial charge in [-0.3, -0.25) is 4.79 Å². The number of amides is 1. The lowest BCUT2D eigenvalue weighted by molar-refractivity contribution is 0.0719. The van der Waals surface area contributed by atoms with Gasteiger partial charge in [-0.05, 0) is 31.9 Å². The average Bonchev–Trinajstić information content (AvgIpc) is 2.65. The van der Waals surface area contributed by atoms with Crippen LogP contribution in [0.5, 0.6) is 0 Å². The standard InChI is InChI=1S/C11H16N2OS.ClH/c1-8-2-3-10(15-8)11(14)13-6-4-9(12)5-7-13;/h2-3,9H,4-7,12H2,1H3;1H. The Morgan fingerprint density at radius 2 is 2.06 bits per heavy atom. The van der Waals surface area contributed by atoms with Crippen LogP contribution in [0.25, 0.3) is 0 Å². The van der Waals surface area contributed by atoms with Crippen molar-refractivity contribution in [1.29, 1.82) is 0 Å². The molecule has 0 bridgehead atoms. The minimum absolute atomic E-state index is 0. The zero-order chi connectivity index (χ0) is 10.8. The largest absolute Gasteiger partial charge is 0.338 e. The fraction of sp³-hybridized carbons (Fsp3) is 0.545. The summed E-state index contributed by atoms with van der Waals surface area (Å²) >= 11 is 1.57. The van der Waals surface area contributed by atoms with Crippen LogP contribution in [0.15, 0.2) is 12.1 Å². The van der Waals surface area contributed by atoms with Crippen LogP contribution < -0.4 is 5.73 Å². The molecule has 0 unspecified atom stereocenters. The molecule has 1 amide bonds. The van der Waals surface area contributed by atoms with Crippen LogP contribution >= 0.6 is 23.7 Å². The molecule has 0 aliphatic carbocycles. The van der Waals surface area contributed by atoms with E-state index >= 15 is 0 Å².